The van der Waals surface area contributed by atoms with Gasteiger partial charge in [0.1, 0.15) is 5.78 Å². The highest BCUT2D eigenvalue weighted by Crippen LogP contribution is 2.30. The molecule has 60 valence electrons. The van der Waals surface area contributed by atoms with Crippen molar-refractivity contribution >= 4 is 52.2 Å². The van der Waals surface area contributed by atoms with Crippen molar-refractivity contribution in [1.29, 1.82) is 0 Å². The second kappa shape index (κ2) is 4.66. The Bertz CT molecular complexity index is 117. The lowest BCUT2D eigenvalue weighted by Gasteiger charge is -2.07. The van der Waals surface area contributed by atoms with Gasteiger partial charge in [-0.2, -0.15) is 0 Å². The predicted molar refractivity (Wildman–Crippen MR) is 45.3 cm³/mol. The molecular formula is C5H6Cl4O. The molecule has 0 saturated heterocycles. The Morgan fingerprint density at radius 3 is 2.10 bits per heavy atom. The molecule has 0 bridgehead atoms. The van der Waals surface area contributed by atoms with E-state index in [2.05, 4.69) is 0 Å². The van der Waals surface area contributed by atoms with Gasteiger partial charge in [-0.25, -0.2) is 0 Å². The van der Waals surface area contributed by atoms with Crippen LogP contribution in [0.5, 0.6) is 0 Å². The number of rotatable bonds is 3. The Balaban J connectivity index is 3.58. The molecule has 0 aliphatic rings. The molecule has 10 heavy (non-hydrogen) atoms. The fourth-order valence-corrected chi connectivity index (χ4v) is 1.08. The van der Waals surface area contributed by atoms with E-state index in [-0.39, 0.29) is 24.5 Å². The van der Waals surface area contributed by atoms with E-state index in [4.69, 9.17) is 46.4 Å². The van der Waals surface area contributed by atoms with Crippen LogP contribution in [0, 0.1) is 0 Å². The van der Waals surface area contributed by atoms with Crippen LogP contribution in [0.4, 0.5) is 0 Å². The molecule has 5 heteroatoms. The Morgan fingerprint density at radius 1 is 1.30 bits per heavy atom. The van der Waals surface area contributed by atoms with E-state index in [0.717, 1.165) is 0 Å². The van der Waals surface area contributed by atoms with Crippen molar-refractivity contribution in [2.75, 3.05) is 5.88 Å². The van der Waals surface area contributed by atoms with Gasteiger partial charge < -0.3 is 0 Å². The first kappa shape index (κ1) is 10.8. The van der Waals surface area contributed by atoms with Crippen molar-refractivity contribution in [3.63, 3.8) is 0 Å². The summed E-state index contributed by atoms with van der Waals surface area (Å²) in [6, 6.07) is 0. The van der Waals surface area contributed by atoms with E-state index in [9.17, 15) is 4.79 Å². The Kier molecular flexibility index (Phi) is 5.04. The van der Waals surface area contributed by atoms with Crippen LogP contribution in [-0.4, -0.2) is 15.5 Å². The number of halogens is 4. The first-order chi connectivity index (χ1) is 4.45. The van der Waals surface area contributed by atoms with Crippen LogP contribution >= 0.6 is 46.4 Å². The number of hydrogen-bond donors (Lipinski definition) is 0. The predicted octanol–water partition coefficient (Wildman–Crippen LogP) is 2.94. The Morgan fingerprint density at radius 2 is 1.80 bits per heavy atom. The number of ketones is 1. The summed E-state index contributed by atoms with van der Waals surface area (Å²) in [5.74, 6) is 0.148. The summed E-state index contributed by atoms with van der Waals surface area (Å²) in [6.45, 7) is 0. The van der Waals surface area contributed by atoms with Gasteiger partial charge in [0.25, 0.3) is 0 Å². The Hall–Kier alpha value is 0.830. The zero-order valence-corrected chi connectivity index (χ0v) is 8.07. The second-order valence-corrected chi connectivity index (χ2v) is 4.66. The van der Waals surface area contributed by atoms with E-state index >= 15 is 0 Å². The van der Waals surface area contributed by atoms with Gasteiger partial charge >= 0.3 is 0 Å². The second-order valence-electron chi connectivity index (χ2n) is 1.77. The highest BCUT2D eigenvalue weighted by atomic mass is 35.6. The summed E-state index contributed by atoms with van der Waals surface area (Å²) in [5.41, 5.74) is 0. The van der Waals surface area contributed by atoms with E-state index in [1.54, 1.807) is 0 Å². The highest BCUT2D eigenvalue weighted by molar-refractivity contribution is 6.68. The topological polar surface area (TPSA) is 17.1 Å². The van der Waals surface area contributed by atoms with Gasteiger partial charge in [-0.3, -0.25) is 4.79 Å². The number of carbonyl (C=O) groups is 1. The van der Waals surface area contributed by atoms with Crippen LogP contribution in [0.1, 0.15) is 12.8 Å². The number of hydrogen-bond acceptors (Lipinski definition) is 1. The quantitative estimate of drug-likeness (QED) is 0.673. The summed E-state index contributed by atoms with van der Waals surface area (Å²) in [4.78, 5) is 10.7. The van der Waals surface area contributed by atoms with Gasteiger partial charge in [0, 0.05) is 12.3 Å². The average Bonchev–Trinajstić information content (AvgIpc) is 1.59. The molecule has 0 aromatic carbocycles. The van der Waals surface area contributed by atoms with Crippen molar-refractivity contribution in [2.24, 2.45) is 0 Å². The van der Waals surface area contributed by atoms with E-state index < -0.39 is 3.79 Å². The molecule has 0 N–H and O–H groups in total. The molecule has 0 radical (unpaired) electrons. The minimum absolute atomic E-state index is 0.0651. The van der Waals surface area contributed by atoms with Gasteiger partial charge in [-0.05, 0) is 0 Å². The largest absolute Gasteiger partial charge is 0.299 e. The molecule has 0 aliphatic carbocycles. The SMILES string of the molecule is O=C(CCCl)CC(Cl)(Cl)Cl. The van der Waals surface area contributed by atoms with Crippen LogP contribution < -0.4 is 0 Å². The normalized spacial score (nSPS) is 11.6. The monoisotopic (exact) mass is 222 g/mol. The molecule has 0 saturated carbocycles. The molecule has 0 aromatic rings. The lowest BCUT2D eigenvalue weighted by atomic mass is 10.2. The van der Waals surface area contributed by atoms with Gasteiger partial charge in [0.05, 0.1) is 6.42 Å². The first-order valence-corrected chi connectivity index (χ1v) is 4.27. The van der Waals surface area contributed by atoms with E-state index in [0.29, 0.717) is 0 Å². The number of carbonyl (C=O) groups excluding carboxylic acids is 1. The standard InChI is InChI=1S/C5H6Cl4O/c6-2-1-4(10)3-5(7,8)9/h1-3H2. The van der Waals surface area contributed by atoms with Crippen LogP contribution in [0.2, 0.25) is 0 Å². The van der Waals surface area contributed by atoms with Crippen molar-refractivity contribution in [1.82, 2.24) is 0 Å². The molecule has 0 rings (SSSR count). The fourth-order valence-electron chi connectivity index (χ4n) is 0.417. The molecule has 0 unspecified atom stereocenters. The molecule has 0 aliphatic heterocycles. The number of Topliss-reactive ketones (excluding diaryl/α,β-unsaturated/α-hetero) is 1. The van der Waals surface area contributed by atoms with Gasteiger partial charge in [0.2, 0.25) is 0 Å². The molecule has 0 atom stereocenters. The Labute approximate surface area is 79.6 Å². The first-order valence-electron chi connectivity index (χ1n) is 2.60. The summed E-state index contributed by atoms with van der Waals surface area (Å²) in [7, 11) is 0. The third kappa shape index (κ3) is 6.94. The minimum atomic E-state index is -1.47. The lowest BCUT2D eigenvalue weighted by molar-refractivity contribution is -0.118. The lowest BCUT2D eigenvalue weighted by Crippen LogP contribution is -2.11. The zero-order valence-electron chi connectivity index (χ0n) is 5.04. The maximum atomic E-state index is 10.7. The third-order valence-electron chi connectivity index (χ3n) is 0.771. The maximum absolute atomic E-state index is 10.7. The van der Waals surface area contributed by atoms with Crippen LogP contribution in [0.25, 0.3) is 0 Å². The third-order valence-corrected chi connectivity index (χ3v) is 1.36. The fraction of sp³-hybridized carbons (Fsp3) is 0.800. The van der Waals surface area contributed by atoms with Crippen LogP contribution in [-0.2, 0) is 4.79 Å². The molecular weight excluding hydrogens is 218 g/mol. The molecule has 0 aromatic heterocycles. The van der Waals surface area contributed by atoms with Crippen molar-refractivity contribution < 1.29 is 4.79 Å². The van der Waals surface area contributed by atoms with Gasteiger partial charge in [-0.1, -0.05) is 34.8 Å². The van der Waals surface area contributed by atoms with E-state index in [1.807, 2.05) is 0 Å². The maximum Gasteiger partial charge on any atom is 0.197 e. The molecule has 0 heterocycles. The summed E-state index contributed by atoms with van der Waals surface area (Å²) in [5, 5.41) is 0. The summed E-state index contributed by atoms with van der Waals surface area (Å²) in [6.07, 6.45) is 0.194. The van der Waals surface area contributed by atoms with Crippen molar-refractivity contribution in [3.05, 3.63) is 0 Å². The highest BCUT2D eigenvalue weighted by Gasteiger charge is 2.23. The molecule has 0 fully saturated rings. The zero-order chi connectivity index (χ0) is 8.20. The van der Waals surface area contributed by atoms with Gasteiger partial charge in [-0.15, -0.1) is 11.6 Å². The van der Waals surface area contributed by atoms with Crippen molar-refractivity contribution in [3.8, 4) is 0 Å². The summed E-state index contributed by atoms with van der Waals surface area (Å²) >= 11 is 21.3. The molecule has 0 spiro atoms. The van der Waals surface area contributed by atoms with Crippen LogP contribution in [0.15, 0.2) is 0 Å². The van der Waals surface area contributed by atoms with Gasteiger partial charge in [0.15, 0.2) is 3.79 Å². The average molecular weight is 224 g/mol. The van der Waals surface area contributed by atoms with E-state index in [1.165, 1.54) is 0 Å². The minimum Gasteiger partial charge on any atom is -0.299 e. The summed E-state index contributed by atoms with van der Waals surface area (Å²) < 4.78 is -1.47. The molecule has 1 nitrogen and oxygen atoms in total. The van der Waals surface area contributed by atoms with Crippen LogP contribution in [0.3, 0.4) is 0 Å². The van der Waals surface area contributed by atoms with Crippen molar-refractivity contribution in [2.45, 2.75) is 16.6 Å². The number of alkyl halides is 4. The molecule has 0 amide bonds. The smallest absolute Gasteiger partial charge is 0.197 e.